The van der Waals surface area contributed by atoms with Gasteiger partial charge in [-0.3, -0.25) is 4.79 Å². The number of carbonyl (C=O) groups is 1. The molecule has 1 N–H and O–H groups in total. The molecule has 2 aromatic carbocycles. The van der Waals surface area contributed by atoms with Crippen LogP contribution in [0, 0.1) is 11.6 Å². The first-order chi connectivity index (χ1) is 11.1. The molecule has 0 bridgehead atoms. The molecule has 0 aliphatic rings. The van der Waals surface area contributed by atoms with Gasteiger partial charge in [-0.05, 0) is 48.5 Å². The highest BCUT2D eigenvalue weighted by Crippen LogP contribution is 2.15. The molecule has 4 nitrogen and oxygen atoms in total. The van der Waals surface area contributed by atoms with Gasteiger partial charge in [0.2, 0.25) is 0 Å². The van der Waals surface area contributed by atoms with Crippen LogP contribution in [-0.4, -0.2) is 15.9 Å². The summed E-state index contributed by atoms with van der Waals surface area (Å²) in [6, 6.07) is 11.2. The Hall–Kier alpha value is -3.15. The zero-order valence-corrected chi connectivity index (χ0v) is 11.8. The molecule has 6 heteroatoms. The number of amides is 1. The van der Waals surface area contributed by atoms with Crippen molar-refractivity contribution in [3.8, 4) is 11.4 Å². The van der Waals surface area contributed by atoms with Gasteiger partial charge in [0.15, 0.2) is 5.82 Å². The summed E-state index contributed by atoms with van der Waals surface area (Å²) in [7, 11) is 0. The lowest BCUT2D eigenvalue weighted by Gasteiger charge is -2.05. The number of nitrogens with one attached hydrogen (secondary N) is 1. The van der Waals surface area contributed by atoms with Crippen molar-refractivity contribution in [1.29, 1.82) is 0 Å². The fourth-order valence-electron chi connectivity index (χ4n) is 1.93. The Balaban J connectivity index is 1.74. The molecule has 0 aliphatic heterocycles. The number of benzene rings is 2. The van der Waals surface area contributed by atoms with Crippen LogP contribution in [0.4, 0.5) is 14.5 Å². The topological polar surface area (TPSA) is 54.9 Å². The van der Waals surface area contributed by atoms with E-state index in [2.05, 4.69) is 15.3 Å². The Morgan fingerprint density at radius 2 is 1.35 bits per heavy atom. The van der Waals surface area contributed by atoms with Crippen LogP contribution in [-0.2, 0) is 0 Å². The Morgan fingerprint density at radius 3 is 1.91 bits per heavy atom. The Kier molecular flexibility index (Phi) is 4.05. The van der Waals surface area contributed by atoms with Crippen LogP contribution < -0.4 is 5.32 Å². The fraction of sp³-hybridized carbons (Fsp3) is 0. The second-order valence-electron chi connectivity index (χ2n) is 4.76. The monoisotopic (exact) mass is 311 g/mol. The standard InChI is InChI=1S/C17H11F2N3O/c18-13-3-1-11(2-4-13)16-20-9-12(10-21-16)17(23)22-15-7-5-14(19)6-8-15/h1-10H,(H,22,23). The first-order valence-electron chi connectivity index (χ1n) is 6.77. The van der Waals surface area contributed by atoms with Crippen LogP contribution in [0.25, 0.3) is 11.4 Å². The number of anilines is 1. The second kappa shape index (κ2) is 6.31. The maximum absolute atomic E-state index is 12.9. The highest BCUT2D eigenvalue weighted by molar-refractivity contribution is 6.03. The van der Waals surface area contributed by atoms with Crippen molar-refractivity contribution in [1.82, 2.24) is 9.97 Å². The minimum Gasteiger partial charge on any atom is -0.322 e. The molecule has 0 saturated heterocycles. The van der Waals surface area contributed by atoms with Crippen molar-refractivity contribution in [3.05, 3.63) is 78.1 Å². The Morgan fingerprint density at radius 1 is 0.826 bits per heavy atom. The van der Waals surface area contributed by atoms with Gasteiger partial charge in [-0.2, -0.15) is 0 Å². The second-order valence-corrected chi connectivity index (χ2v) is 4.76. The molecule has 0 fully saturated rings. The minimum atomic E-state index is -0.401. The van der Waals surface area contributed by atoms with Gasteiger partial charge in [0, 0.05) is 23.6 Å². The molecule has 0 saturated carbocycles. The third-order valence-corrected chi connectivity index (χ3v) is 3.12. The van der Waals surface area contributed by atoms with Crippen molar-refractivity contribution < 1.29 is 13.6 Å². The number of halogens is 2. The molecule has 1 aromatic heterocycles. The lowest BCUT2D eigenvalue weighted by atomic mass is 10.2. The lowest BCUT2D eigenvalue weighted by Crippen LogP contribution is -2.12. The summed E-state index contributed by atoms with van der Waals surface area (Å²) in [6.45, 7) is 0. The number of hydrogen-bond acceptors (Lipinski definition) is 3. The zero-order chi connectivity index (χ0) is 16.2. The van der Waals surface area contributed by atoms with E-state index in [1.165, 1.54) is 48.8 Å². The molecule has 0 spiro atoms. The summed E-state index contributed by atoms with van der Waals surface area (Å²) in [6.07, 6.45) is 2.76. The molecule has 23 heavy (non-hydrogen) atoms. The molecule has 0 aliphatic carbocycles. The van der Waals surface area contributed by atoms with Gasteiger partial charge in [-0.25, -0.2) is 18.7 Å². The molecule has 0 atom stereocenters. The van der Waals surface area contributed by atoms with Crippen molar-refractivity contribution >= 4 is 11.6 Å². The van der Waals surface area contributed by atoms with E-state index in [0.29, 0.717) is 17.1 Å². The van der Waals surface area contributed by atoms with Gasteiger partial charge in [-0.15, -0.1) is 0 Å². The fourth-order valence-corrected chi connectivity index (χ4v) is 1.93. The lowest BCUT2D eigenvalue weighted by molar-refractivity contribution is 0.102. The number of carbonyl (C=O) groups excluding carboxylic acids is 1. The molecule has 114 valence electrons. The van der Waals surface area contributed by atoms with Gasteiger partial charge in [0.05, 0.1) is 5.56 Å². The minimum absolute atomic E-state index is 0.264. The smallest absolute Gasteiger partial charge is 0.258 e. The molecule has 0 unspecified atom stereocenters. The summed E-state index contributed by atoms with van der Waals surface area (Å²) in [5.74, 6) is -0.732. The van der Waals surface area contributed by atoms with Crippen LogP contribution in [0.3, 0.4) is 0 Å². The Labute approximate surface area is 130 Å². The van der Waals surface area contributed by atoms with Gasteiger partial charge in [0.25, 0.3) is 5.91 Å². The van der Waals surface area contributed by atoms with E-state index >= 15 is 0 Å². The highest BCUT2D eigenvalue weighted by Gasteiger charge is 2.09. The normalized spacial score (nSPS) is 10.3. The largest absolute Gasteiger partial charge is 0.322 e. The van der Waals surface area contributed by atoms with Crippen LogP contribution in [0.2, 0.25) is 0 Å². The number of nitrogens with zero attached hydrogens (tertiary/aromatic N) is 2. The third kappa shape index (κ3) is 3.55. The highest BCUT2D eigenvalue weighted by atomic mass is 19.1. The average molecular weight is 311 g/mol. The molecule has 1 amide bonds. The van der Waals surface area contributed by atoms with Crippen molar-refractivity contribution in [2.45, 2.75) is 0 Å². The Bertz CT molecular complexity index is 816. The first kappa shape index (κ1) is 14.8. The average Bonchev–Trinajstić information content (AvgIpc) is 2.58. The maximum atomic E-state index is 12.9. The SMILES string of the molecule is O=C(Nc1ccc(F)cc1)c1cnc(-c2ccc(F)cc2)nc1. The number of aromatic nitrogens is 2. The van der Waals surface area contributed by atoms with Crippen molar-refractivity contribution in [2.75, 3.05) is 5.32 Å². The molecule has 3 rings (SSSR count). The van der Waals surface area contributed by atoms with Crippen molar-refractivity contribution in [2.24, 2.45) is 0 Å². The third-order valence-electron chi connectivity index (χ3n) is 3.12. The van der Waals surface area contributed by atoms with E-state index in [4.69, 9.17) is 0 Å². The molecule has 0 radical (unpaired) electrons. The van der Waals surface area contributed by atoms with E-state index in [1.54, 1.807) is 12.1 Å². The van der Waals surface area contributed by atoms with E-state index in [1.807, 2.05) is 0 Å². The summed E-state index contributed by atoms with van der Waals surface area (Å²) in [5, 5.41) is 2.62. The van der Waals surface area contributed by atoms with E-state index in [0.717, 1.165) is 0 Å². The number of hydrogen-bond donors (Lipinski definition) is 1. The van der Waals surface area contributed by atoms with Crippen LogP contribution in [0.1, 0.15) is 10.4 Å². The van der Waals surface area contributed by atoms with Gasteiger partial charge in [-0.1, -0.05) is 0 Å². The van der Waals surface area contributed by atoms with E-state index in [9.17, 15) is 13.6 Å². The first-order valence-corrected chi connectivity index (χ1v) is 6.77. The van der Waals surface area contributed by atoms with E-state index < -0.39 is 5.91 Å². The predicted octanol–water partition coefficient (Wildman–Crippen LogP) is 3.67. The quantitative estimate of drug-likeness (QED) is 0.803. The van der Waals surface area contributed by atoms with Crippen LogP contribution >= 0.6 is 0 Å². The number of rotatable bonds is 3. The van der Waals surface area contributed by atoms with Crippen molar-refractivity contribution in [3.63, 3.8) is 0 Å². The molecule has 3 aromatic rings. The summed E-state index contributed by atoms with van der Waals surface area (Å²) < 4.78 is 25.7. The van der Waals surface area contributed by atoms with Gasteiger partial charge < -0.3 is 5.32 Å². The van der Waals surface area contributed by atoms with Crippen LogP contribution in [0.5, 0.6) is 0 Å². The van der Waals surface area contributed by atoms with Gasteiger partial charge >= 0.3 is 0 Å². The van der Waals surface area contributed by atoms with Gasteiger partial charge in [0.1, 0.15) is 11.6 Å². The maximum Gasteiger partial charge on any atom is 0.258 e. The molecule has 1 heterocycles. The zero-order valence-electron chi connectivity index (χ0n) is 11.8. The molecular weight excluding hydrogens is 300 g/mol. The summed E-state index contributed by atoms with van der Waals surface area (Å²) in [4.78, 5) is 20.3. The predicted molar refractivity (Wildman–Crippen MR) is 81.8 cm³/mol. The van der Waals surface area contributed by atoms with E-state index in [-0.39, 0.29) is 17.2 Å². The molecular formula is C17H11F2N3O. The summed E-state index contributed by atoms with van der Waals surface area (Å²) >= 11 is 0. The summed E-state index contributed by atoms with van der Waals surface area (Å²) in [5.41, 5.74) is 1.39. The van der Waals surface area contributed by atoms with Crippen LogP contribution in [0.15, 0.2) is 60.9 Å².